The molecule has 0 saturated carbocycles. The third-order valence-corrected chi connectivity index (χ3v) is 5.00. The number of thioether (sulfide) groups is 1. The summed E-state index contributed by atoms with van der Waals surface area (Å²) in [7, 11) is 0. The van der Waals surface area contributed by atoms with Crippen molar-refractivity contribution in [3.05, 3.63) is 63.2 Å². The number of nitro groups is 1. The van der Waals surface area contributed by atoms with Crippen molar-refractivity contribution in [3.8, 4) is 5.75 Å². The van der Waals surface area contributed by atoms with Gasteiger partial charge in [0.2, 0.25) is 5.91 Å². The molecule has 0 unspecified atom stereocenters. The number of para-hydroxylation sites is 1. The third kappa shape index (κ3) is 6.88. The van der Waals surface area contributed by atoms with Gasteiger partial charge < -0.3 is 4.74 Å². The molecular weight excluding hydrogens is 439 g/mol. The van der Waals surface area contributed by atoms with E-state index in [2.05, 4.69) is 10.9 Å². The summed E-state index contributed by atoms with van der Waals surface area (Å²) in [6.07, 6.45) is -4.73. The largest absolute Gasteiger partial charge is 0.483 e. The number of hydrogen-bond acceptors (Lipinski definition) is 6. The van der Waals surface area contributed by atoms with E-state index in [1.54, 1.807) is 0 Å². The van der Waals surface area contributed by atoms with Crippen molar-refractivity contribution in [1.29, 1.82) is 0 Å². The Morgan fingerprint density at radius 3 is 2.29 bits per heavy atom. The van der Waals surface area contributed by atoms with E-state index in [0.717, 1.165) is 17.2 Å². The molecule has 0 bridgehead atoms. The lowest BCUT2D eigenvalue weighted by Crippen LogP contribution is -2.44. The summed E-state index contributed by atoms with van der Waals surface area (Å²) in [4.78, 5) is 33.7. The van der Waals surface area contributed by atoms with Crippen molar-refractivity contribution < 1.29 is 32.4 Å². The Labute approximate surface area is 179 Å². The smallest absolute Gasteiger partial charge is 0.416 e. The molecule has 0 saturated heterocycles. The standard InChI is InChI=1S/C19H18F3N3O5S/c1-11-4-3-5-12(2)18(11)30-9-16(26)23-24-17(27)10-31-15-7-6-13(19(20,21)22)8-14(15)25(28)29/h3-8H,9-10H2,1-2H3,(H,23,26)(H,24,27). The van der Waals surface area contributed by atoms with Gasteiger partial charge in [-0.15, -0.1) is 11.8 Å². The van der Waals surface area contributed by atoms with Crippen LogP contribution < -0.4 is 15.6 Å². The Bertz CT molecular complexity index is 978. The molecule has 2 N–H and O–H groups in total. The van der Waals surface area contributed by atoms with Crippen molar-refractivity contribution in [2.45, 2.75) is 24.9 Å². The second-order valence-electron chi connectivity index (χ2n) is 6.33. The highest BCUT2D eigenvalue weighted by Crippen LogP contribution is 2.36. The van der Waals surface area contributed by atoms with Crippen molar-refractivity contribution >= 4 is 29.3 Å². The van der Waals surface area contributed by atoms with E-state index in [1.807, 2.05) is 32.0 Å². The highest BCUT2D eigenvalue weighted by atomic mass is 32.2. The van der Waals surface area contributed by atoms with Gasteiger partial charge in [-0.25, -0.2) is 0 Å². The van der Waals surface area contributed by atoms with Crippen molar-refractivity contribution in [3.63, 3.8) is 0 Å². The van der Waals surface area contributed by atoms with Crippen molar-refractivity contribution in [2.24, 2.45) is 0 Å². The molecule has 0 aliphatic rings. The number of benzene rings is 2. The predicted octanol–water partition coefficient (Wildman–Crippen LogP) is 3.55. The lowest BCUT2D eigenvalue weighted by atomic mass is 10.1. The van der Waals surface area contributed by atoms with Gasteiger partial charge >= 0.3 is 6.18 Å². The van der Waals surface area contributed by atoms with Crippen molar-refractivity contribution in [1.82, 2.24) is 10.9 Å². The molecule has 0 spiro atoms. The third-order valence-electron chi connectivity index (χ3n) is 3.94. The van der Waals surface area contributed by atoms with Gasteiger partial charge in [-0.3, -0.25) is 30.6 Å². The zero-order chi connectivity index (χ0) is 23.2. The zero-order valence-corrected chi connectivity index (χ0v) is 17.2. The van der Waals surface area contributed by atoms with E-state index in [4.69, 9.17) is 4.74 Å². The van der Waals surface area contributed by atoms with Crippen LogP contribution in [0.4, 0.5) is 18.9 Å². The SMILES string of the molecule is Cc1cccc(C)c1OCC(=O)NNC(=O)CSc1ccc(C(F)(F)F)cc1[N+](=O)[O-]. The summed E-state index contributed by atoms with van der Waals surface area (Å²) >= 11 is 0.665. The van der Waals surface area contributed by atoms with Crippen LogP contribution >= 0.6 is 11.8 Å². The Balaban J connectivity index is 1.86. The fraction of sp³-hybridized carbons (Fsp3) is 0.263. The van der Waals surface area contributed by atoms with Crippen LogP contribution in [-0.2, 0) is 15.8 Å². The summed E-state index contributed by atoms with van der Waals surface area (Å²) in [6, 6.07) is 7.51. The van der Waals surface area contributed by atoms with E-state index < -0.39 is 34.2 Å². The molecule has 8 nitrogen and oxygen atoms in total. The summed E-state index contributed by atoms with van der Waals surface area (Å²) in [5, 5.41) is 11.1. The van der Waals surface area contributed by atoms with Gasteiger partial charge in [0.1, 0.15) is 5.75 Å². The van der Waals surface area contributed by atoms with Gasteiger partial charge in [0.15, 0.2) is 6.61 Å². The Hall–Kier alpha value is -3.28. The van der Waals surface area contributed by atoms with Crippen LogP contribution in [0.2, 0.25) is 0 Å². The Morgan fingerprint density at radius 1 is 1.10 bits per heavy atom. The maximum Gasteiger partial charge on any atom is 0.416 e. The lowest BCUT2D eigenvalue weighted by molar-refractivity contribution is -0.388. The van der Waals surface area contributed by atoms with Gasteiger partial charge in [-0.1, -0.05) is 18.2 Å². The number of hydrogen-bond donors (Lipinski definition) is 2. The van der Waals surface area contributed by atoms with E-state index in [9.17, 15) is 32.9 Å². The number of aryl methyl sites for hydroxylation is 2. The molecule has 0 aromatic heterocycles. The van der Waals surface area contributed by atoms with Gasteiger partial charge in [-0.05, 0) is 37.1 Å². The van der Waals surface area contributed by atoms with Crippen LogP contribution in [0.5, 0.6) is 5.75 Å². The quantitative estimate of drug-likeness (QED) is 0.374. The van der Waals surface area contributed by atoms with Crippen LogP contribution in [0, 0.1) is 24.0 Å². The first-order valence-electron chi connectivity index (χ1n) is 8.74. The summed E-state index contributed by atoms with van der Waals surface area (Å²) in [6.45, 7) is 3.28. The number of carbonyl (C=O) groups excluding carboxylic acids is 2. The fourth-order valence-electron chi connectivity index (χ4n) is 2.48. The number of hydrazine groups is 1. The highest BCUT2D eigenvalue weighted by Gasteiger charge is 2.33. The number of ether oxygens (including phenoxy) is 1. The van der Waals surface area contributed by atoms with E-state index >= 15 is 0 Å². The monoisotopic (exact) mass is 457 g/mol. The number of alkyl halides is 3. The van der Waals surface area contributed by atoms with Crippen molar-refractivity contribution in [2.75, 3.05) is 12.4 Å². The predicted molar refractivity (Wildman–Crippen MR) is 107 cm³/mol. The molecule has 31 heavy (non-hydrogen) atoms. The second-order valence-corrected chi connectivity index (χ2v) is 7.35. The van der Waals surface area contributed by atoms with E-state index in [-0.39, 0.29) is 17.3 Å². The number of carbonyl (C=O) groups is 2. The summed E-state index contributed by atoms with van der Waals surface area (Å²) < 4.78 is 43.6. The van der Waals surface area contributed by atoms with Crippen LogP contribution in [0.25, 0.3) is 0 Å². The number of rotatable bonds is 7. The van der Waals surface area contributed by atoms with Gasteiger partial charge in [-0.2, -0.15) is 13.2 Å². The molecule has 2 aromatic rings. The van der Waals surface area contributed by atoms with Gasteiger partial charge in [0.05, 0.1) is 21.1 Å². The number of nitrogens with one attached hydrogen (secondary N) is 2. The van der Waals surface area contributed by atoms with Crippen LogP contribution in [-0.4, -0.2) is 29.1 Å². The average Bonchev–Trinajstić information content (AvgIpc) is 2.69. The molecule has 0 atom stereocenters. The average molecular weight is 457 g/mol. The molecule has 0 heterocycles. The molecule has 0 radical (unpaired) electrons. The van der Waals surface area contributed by atoms with E-state index in [1.165, 1.54) is 0 Å². The minimum atomic E-state index is -4.73. The maximum atomic E-state index is 12.7. The topological polar surface area (TPSA) is 111 Å². The molecule has 0 aliphatic carbocycles. The first-order chi connectivity index (χ1) is 14.5. The van der Waals surface area contributed by atoms with Crippen LogP contribution in [0.1, 0.15) is 16.7 Å². The molecule has 2 amide bonds. The molecular formula is C19H18F3N3O5S. The molecule has 166 valence electrons. The van der Waals surface area contributed by atoms with Gasteiger partial charge in [0, 0.05) is 6.07 Å². The number of halogens is 3. The van der Waals surface area contributed by atoms with Crippen LogP contribution in [0.3, 0.4) is 0 Å². The maximum absolute atomic E-state index is 12.7. The minimum absolute atomic E-state index is 0.113. The normalized spacial score (nSPS) is 11.0. The lowest BCUT2D eigenvalue weighted by Gasteiger charge is -2.12. The second kappa shape index (κ2) is 10.2. The summed E-state index contributed by atoms with van der Waals surface area (Å²) in [5.74, 6) is -1.17. The summed E-state index contributed by atoms with van der Waals surface area (Å²) in [5.41, 5.74) is 4.00. The molecule has 2 rings (SSSR count). The number of nitro benzene ring substituents is 1. The van der Waals surface area contributed by atoms with Gasteiger partial charge in [0.25, 0.3) is 11.6 Å². The Morgan fingerprint density at radius 2 is 1.71 bits per heavy atom. The molecule has 0 fully saturated rings. The molecule has 2 aromatic carbocycles. The van der Waals surface area contributed by atoms with Crippen LogP contribution in [0.15, 0.2) is 41.3 Å². The minimum Gasteiger partial charge on any atom is -0.483 e. The first kappa shape index (κ1) is 24.0. The number of amides is 2. The molecule has 0 aliphatic heterocycles. The first-order valence-corrected chi connectivity index (χ1v) is 9.72. The Kier molecular flexibility index (Phi) is 7.86. The molecule has 12 heteroatoms. The number of nitrogens with zero attached hydrogens (tertiary/aromatic N) is 1. The highest BCUT2D eigenvalue weighted by molar-refractivity contribution is 8.00. The van der Waals surface area contributed by atoms with E-state index in [0.29, 0.717) is 29.6 Å². The zero-order valence-electron chi connectivity index (χ0n) is 16.4. The fourth-order valence-corrected chi connectivity index (χ4v) is 3.28.